The molecule has 1 aromatic carbocycles. The van der Waals surface area contributed by atoms with Crippen molar-refractivity contribution >= 4 is 22.4 Å². The third kappa shape index (κ3) is 2.65. The lowest BCUT2D eigenvalue weighted by Crippen LogP contribution is -2.05. The van der Waals surface area contributed by atoms with Crippen molar-refractivity contribution < 1.29 is 0 Å². The third-order valence-electron chi connectivity index (χ3n) is 4.66. The van der Waals surface area contributed by atoms with Crippen molar-refractivity contribution in [2.24, 2.45) is 0 Å². The summed E-state index contributed by atoms with van der Waals surface area (Å²) in [5.41, 5.74) is 6.84. The first-order chi connectivity index (χ1) is 12.2. The number of nitrogens with one attached hydrogen (secondary N) is 1. The number of aryl methyl sites for hydroxylation is 2. The van der Waals surface area contributed by atoms with Gasteiger partial charge in [-0.1, -0.05) is 37.3 Å². The summed E-state index contributed by atoms with van der Waals surface area (Å²) >= 11 is 0. The van der Waals surface area contributed by atoms with Gasteiger partial charge in [0.25, 0.3) is 0 Å². The number of anilines is 1. The SMILES string of the molecule is CCCNc1cc2c(cc(C)n2Cc2ccccc2)n2c(C)nnc12. The van der Waals surface area contributed by atoms with Crippen molar-refractivity contribution in [2.75, 3.05) is 11.9 Å². The fraction of sp³-hybridized carbons (Fsp3) is 0.300. The van der Waals surface area contributed by atoms with Crippen LogP contribution in [0.5, 0.6) is 0 Å². The molecular formula is C20H23N5. The second-order valence-corrected chi connectivity index (χ2v) is 6.52. The van der Waals surface area contributed by atoms with Gasteiger partial charge in [0.05, 0.1) is 16.7 Å². The Hall–Kier alpha value is -2.82. The van der Waals surface area contributed by atoms with Crippen LogP contribution in [0, 0.1) is 13.8 Å². The fourth-order valence-corrected chi connectivity index (χ4v) is 3.40. The van der Waals surface area contributed by atoms with Gasteiger partial charge in [-0.3, -0.25) is 4.40 Å². The van der Waals surface area contributed by atoms with Crippen LogP contribution < -0.4 is 5.32 Å². The molecule has 0 spiro atoms. The molecule has 5 heteroatoms. The summed E-state index contributed by atoms with van der Waals surface area (Å²) in [6.07, 6.45) is 1.07. The Bertz CT molecular complexity index is 1030. The van der Waals surface area contributed by atoms with Gasteiger partial charge in [-0.25, -0.2) is 0 Å². The van der Waals surface area contributed by atoms with Gasteiger partial charge < -0.3 is 9.88 Å². The van der Waals surface area contributed by atoms with Gasteiger partial charge >= 0.3 is 0 Å². The van der Waals surface area contributed by atoms with Crippen LogP contribution in [-0.2, 0) is 6.54 Å². The molecule has 0 radical (unpaired) electrons. The van der Waals surface area contributed by atoms with E-state index in [0.717, 1.165) is 42.2 Å². The van der Waals surface area contributed by atoms with Crippen LogP contribution in [0.4, 0.5) is 5.69 Å². The number of hydrogen-bond donors (Lipinski definition) is 1. The lowest BCUT2D eigenvalue weighted by Gasteiger charge is -2.12. The van der Waals surface area contributed by atoms with Crippen LogP contribution in [0.25, 0.3) is 16.7 Å². The number of hydrogen-bond acceptors (Lipinski definition) is 3. The minimum Gasteiger partial charge on any atom is -0.382 e. The Morgan fingerprint density at radius 1 is 1.00 bits per heavy atom. The van der Waals surface area contributed by atoms with Crippen molar-refractivity contribution in [1.82, 2.24) is 19.2 Å². The second kappa shape index (κ2) is 6.24. The maximum atomic E-state index is 4.39. The molecule has 4 rings (SSSR count). The quantitative estimate of drug-likeness (QED) is 0.596. The van der Waals surface area contributed by atoms with Crippen molar-refractivity contribution in [2.45, 2.75) is 33.7 Å². The monoisotopic (exact) mass is 333 g/mol. The van der Waals surface area contributed by atoms with Crippen molar-refractivity contribution in [1.29, 1.82) is 0 Å². The zero-order valence-corrected chi connectivity index (χ0v) is 15.0. The summed E-state index contributed by atoms with van der Waals surface area (Å²) in [6, 6.07) is 15.0. The molecule has 3 aromatic heterocycles. The minimum absolute atomic E-state index is 0.857. The van der Waals surface area contributed by atoms with Gasteiger partial charge in [0.15, 0.2) is 5.65 Å². The summed E-state index contributed by atoms with van der Waals surface area (Å²) in [6.45, 7) is 8.11. The Kier molecular flexibility index (Phi) is 3.92. The maximum Gasteiger partial charge on any atom is 0.184 e. The fourth-order valence-electron chi connectivity index (χ4n) is 3.40. The summed E-state index contributed by atoms with van der Waals surface area (Å²) in [5, 5.41) is 12.2. The highest BCUT2D eigenvalue weighted by Crippen LogP contribution is 2.28. The van der Waals surface area contributed by atoms with E-state index in [4.69, 9.17) is 0 Å². The van der Waals surface area contributed by atoms with E-state index >= 15 is 0 Å². The molecule has 3 heterocycles. The number of fused-ring (bicyclic) bond motifs is 3. The lowest BCUT2D eigenvalue weighted by atomic mass is 10.2. The standard InChI is InChI=1S/C20H23N5/c1-4-10-21-17-12-18-19(25-15(3)22-23-20(17)25)11-14(2)24(18)13-16-8-6-5-7-9-16/h5-9,11-12,21H,4,10,13H2,1-3H3. The number of nitrogens with zero attached hydrogens (tertiary/aromatic N) is 4. The normalized spacial score (nSPS) is 11.5. The molecule has 4 aromatic rings. The zero-order chi connectivity index (χ0) is 17.4. The molecule has 0 aliphatic carbocycles. The molecule has 0 aliphatic heterocycles. The predicted octanol–water partition coefficient (Wildman–Crippen LogP) is 4.17. The first-order valence-corrected chi connectivity index (χ1v) is 8.81. The molecule has 0 bridgehead atoms. The van der Waals surface area contributed by atoms with Gasteiger partial charge in [0.1, 0.15) is 5.82 Å². The third-order valence-corrected chi connectivity index (χ3v) is 4.66. The van der Waals surface area contributed by atoms with Crippen LogP contribution in [0.3, 0.4) is 0 Å². The highest BCUT2D eigenvalue weighted by atomic mass is 15.3. The number of benzene rings is 1. The Morgan fingerprint density at radius 2 is 1.80 bits per heavy atom. The largest absolute Gasteiger partial charge is 0.382 e. The van der Waals surface area contributed by atoms with Gasteiger partial charge in [0.2, 0.25) is 0 Å². The van der Waals surface area contributed by atoms with E-state index in [1.165, 1.54) is 16.8 Å². The summed E-state index contributed by atoms with van der Waals surface area (Å²) in [7, 11) is 0. The molecule has 0 saturated heterocycles. The summed E-state index contributed by atoms with van der Waals surface area (Å²) in [4.78, 5) is 0. The number of aromatic nitrogens is 4. The molecule has 128 valence electrons. The molecule has 0 aliphatic rings. The molecule has 0 atom stereocenters. The van der Waals surface area contributed by atoms with Crippen molar-refractivity contribution in [3.05, 3.63) is 59.5 Å². The predicted molar refractivity (Wildman–Crippen MR) is 102 cm³/mol. The number of pyridine rings is 1. The molecule has 0 amide bonds. The average molecular weight is 333 g/mol. The zero-order valence-electron chi connectivity index (χ0n) is 15.0. The van der Waals surface area contributed by atoms with Gasteiger partial charge in [-0.15, -0.1) is 10.2 Å². The smallest absolute Gasteiger partial charge is 0.184 e. The first-order valence-electron chi connectivity index (χ1n) is 8.81. The summed E-state index contributed by atoms with van der Waals surface area (Å²) in [5.74, 6) is 0.914. The minimum atomic E-state index is 0.857. The van der Waals surface area contributed by atoms with Crippen LogP contribution in [0.1, 0.15) is 30.4 Å². The molecule has 1 N–H and O–H groups in total. The second-order valence-electron chi connectivity index (χ2n) is 6.52. The lowest BCUT2D eigenvalue weighted by molar-refractivity contribution is 0.804. The molecule has 0 saturated carbocycles. The van der Waals surface area contributed by atoms with Gasteiger partial charge in [-0.2, -0.15) is 0 Å². The number of rotatable bonds is 5. The van der Waals surface area contributed by atoms with E-state index in [-0.39, 0.29) is 0 Å². The van der Waals surface area contributed by atoms with E-state index in [2.05, 4.69) is 80.8 Å². The van der Waals surface area contributed by atoms with Crippen LogP contribution in [0.15, 0.2) is 42.5 Å². The van der Waals surface area contributed by atoms with E-state index < -0.39 is 0 Å². The Morgan fingerprint density at radius 3 is 2.56 bits per heavy atom. The maximum absolute atomic E-state index is 4.39. The van der Waals surface area contributed by atoms with E-state index in [0.29, 0.717) is 0 Å². The van der Waals surface area contributed by atoms with Crippen molar-refractivity contribution in [3.8, 4) is 0 Å². The molecular weight excluding hydrogens is 310 g/mol. The van der Waals surface area contributed by atoms with E-state index in [1.54, 1.807) is 0 Å². The van der Waals surface area contributed by atoms with Crippen LogP contribution in [0.2, 0.25) is 0 Å². The summed E-state index contributed by atoms with van der Waals surface area (Å²) < 4.78 is 4.52. The molecule has 25 heavy (non-hydrogen) atoms. The van der Waals surface area contributed by atoms with Gasteiger partial charge in [0, 0.05) is 18.8 Å². The Balaban J connectivity index is 1.93. The van der Waals surface area contributed by atoms with Crippen LogP contribution >= 0.6 is 0 Å². The molecule has 0 unspecified atom stereocenters. The Labute approximate surface area is 147 Å². The highest BCUT2D eigenvalue weighted by molar-refractivity contribution is 5.88. The van der Waals surface area contributed by atoms with E-state index in [1.807, 2.05) is 6.92 Å². The van der Waals surface area contributed by atoms with Gasteiger partial charge in [-0.05, 0) is 38.0 Å². The van der Waals surface area contributed by atoms with Crippen LogP contribution in [-0.4, -0.2) is 25.7 Å². The van der Waals surface area contributed by atoms with E-state index in [9.17, 15) is 0 Å². The molecule has 0 fully saturated rings. The first kappa shape index (κ1) is 15.7. The molecule has 5 nitrogen and oxygen atoms in total. The highest BCUT2D eigenvalue weighted by Gasteiger charge is 2.16. The van der Waals surface area contributed by atoms with Crippen molar-refractivity contribution in [3.63, 3.8) is 0 Å². The topological polar surface area (TPSA) is 47.2 Å². The average Bonchev–Trinajstić information content (AvgIpc) is 3.15.